The number of nitrogens with two attached hydrogens (primary N) is 1. The van der Waals surface area contributed by atoms with Gasteiger partial charge in [0.05, 0.1) is 10.9 Å². The van der Waals surface area contributed by atoms with Crippen LogP contribution >= 0.6 is 11.8 Å². The summed E-state index contributed by atoms with van der Waals surface area (Å²) >= 11 is 1.72. The minimum atomic E-state index is 0.246. The molecular formula is C12H15N3S. The van der Waals surface area contributed by atoms with Crippen LogP contribution in [0.25, 0.3) is 10.9 Å². The molecule has 0 bridgehead atoms. The van der Waals surface area contributed by atoms with Crippen LogP contribution in [0.3, 0.4) is 0 Å². The summed E-state index contributed by atoms with van der Waals surface area (Å²) in [6.07, 6.45) is 0.625. The Morgan fingerprint density at radius 2 is 2.25 bits per heavy atom. The fraction of sp³-hybridized carbons (Fsp3) is 0.250. The maximum atomic E-state index is 7.25. The zero-order chi connectivity index (χ0) is 11.5. The van der Waals surface area contributed by atoms with E-state index < -0.39 is 0 Å². The Kier molecular flexibility index (Phi) is 3.19. The molecule has 16 heavy (non-hydrogen) atoms. The number of benzene rings is 1. The Balaban J connectivity index is 2.12. The van der Waals surface area contributed by atoms with Crippen LogP contribution < -0.4 is 5.73 Å². The summed E-state index contributed by atoms with van der Waals surface area (Å²) in [5.41, 5.74) is 6.53. The third kappa shape index (κ3) is 2.58. The average Bonchev–Trinajstić information content (AvgIpc) is 2.57. The molecule has 0 saturated carbocycles. The fourth-order valence-electron chi connectivity index (χ4n) is 1.68. The number of aromatic amines is 1. The van der Waals surface area contributed by atoms with Crippen LogP contribution in [-0.4, -0.2) is 16.1 Å². The lowest BCUT2D eigenvalue weighted by Crippen LogP contribution is -2.14. The SMILES string of the molecule is CC(CC(=N)N)Sc1cc2ccccc2[nH]1. The quantitative estimate of drug-likeness (QED) is 0.432. The zero-order valence-electron chi connectivity index (χ0n) is 9.16. The fourth-order valence-corrected chi connectivity index (χ4v) is 2.74. The standard InChI is InChI=1S/C12H15N3S/c1-8(6-11(13)14)16-12-7-9-4-2-3-5-10(9)15-12/h2-5,7-8,15H,6H2,1H3,(H3,13,14). The largest absolute Gasteiger partial charge is 0.388 e. The van der Waals surface area contributed by atoms with Crippen molar-refractivity contribution in [2.75, 3.05) is 0 Å². The van der Waals surface area contributed by atoms with E-state index in [0.717, 1.165) is 10.5 Å². The Morgan fingerprint density at radius 1 is 1.50 bits per heavy atom. The van der Waals surface area contributed by atoms with Crippen LogP contribution in [0.2, 0.25) is 0 Å². The summed E-state index contributed by atoms with van der Waals surface area (Å²) in [6, 6.07) is 10.3. The van der Waals surface area contributed by atoms with Gasteiger partial charge in [-0.05, 0) is 12.1 Å². The number of amidine groups is 1. The monoisotopic (exact) mass is 233 g/mol. The lowest BCUT2D eigenvalue weighted by Gasteiger charge is -2.07. The van der Waals surface area contributed by atoms with Crippen molar-refractivity contribution < 1.29 is 0 Å². The lowest BCUT2D eigenvalue weighted by molar-refractivity contribution is 0.991. The van der Waals surface area contributed by atoms with E-state index in [1.165, 1.54) is 5.39 Å². The molecule has 0 radical (unpaired) electrons. The van der Waals surface area contributed by atoms with E-state index in [1.54, 1.807) is 11.8 Å². The van der Waals surface area contributed by atoms with Crippen molar-refractivity contribution in [1.29, 1.82) is 5.41 Å². The van der Waals surface area contributed by atoms with Crippen LogP contribution in [-0.2, 0) is 0 Å². The van der Waals surface area contributed by atoms with E-state index in [4.69, 9.17) is 11.1 Å². The molecule has 0 aliphatic heterocycles. The van der Waals surface area contributed by atoms with E-state index in [9.17, 15) is 0 Å². The molecule has 2 aromatic rings. The van der Waals surface area contributed by atoms with Crippen molar-refractivity contribution in [3.8, 4) is 0 Å². The van der Waals surface area contributed by atoms with Gasteiger partial charge in [-0.25, -0.2) is 0 Å². The van der Waals surface area contributed by atoms with Crippen LogP contribution in [0.4, 0.5) is 0 Å². The van der Waals surface area contributed by atoms with Crippen molar-refractivity contribution >= 4 is 28.5 Å². The highest BCUT2D eigenvalue weighted by molar-refractivity contribution is 7.99. The van der Waals surface area contributed by atoms with Crippen molar-refractivity contribution in [2.45, 2.75) is 23.6 Å². The van der Waals surface area contributed by atoms with Crippen molar-refractivity contribution in [3.63, 3.8) is 0 Å². The second-order valence-electron chi connectivity index (χ2n) is 3.88. The number of fused-ring (bicyclic) bond motifs is 1. The molecule has 1 atom stereocenters. The minimum absolute atomic E-state index is 0.246. The molecule has 0 spiro atoms. The highest BCUT2D eigenvalue weighted by Gasteiger charge is 2.08. The van der Waals surface area contributed by atoms with E-state index >= 15 is 0 Å². The summed E-state index contributed by atoms with van der Waals surface area (Å²) in [4.78, 5) is 3.35. The Morgan fingerprint density at radius 3 is 2.94 bits per heavy atom. The van der Waals surface area contributed by atoms with Crippen molar-refractivity contribution in [1.82, 2.24) is 4.98 Å². The van der Waals surface area contributed by atoms with Gasteiger partial charge in [0.15, 0.2) is 0 Å². The molecule has 2 rings (SSSR count). The van der Waals surface area contributed by atoms with Gasteiger partial charge >= 0.3 is 0 Å². The normalized spacial score (nSPS) is 12.8. The van der Waals surface area contributed by atoms with E-state index in [2.05, 4.69) is 30.1 Å². The molecule has 0 amide bonds. The molecule has 4 heteroatoms. The highest BCUT2D eigenvalue weighted by atomic mass is 32.2. The summed E-state index contributed by atoms with van der Waals surface area (Å²) in [6.45, 7) is 2.08. The number of rotatable bonds is 4. The molecule has 3 nitrogen and oxygen atoms in total. The van der Waals surface area contributed by atoms with Gasteiger partial charge in [0.2, 0.25) is 0 Å². The summed E-state index contributed by atoms with van der Waals surface area (Å²) in [7, 11) is 0. The first-order chi connectivity index (χ1) is 7.65. The maximum Gasteiger partial charge on any atom is 0.0916 e. The van der Waals surface area contributed by atoms with Gasteiger partial charge in [-0.3, -0.25) is 5.41 Å². The van der Waals surface area contributed by atoms with Gasteiger partial charge in [0.1, 0.15) is 0 Å². The minimum Gasteiger partial charge on any atom is -0.388 e. The number of para-hydroxylation sites is 1. The zero-order valence-corrected chi connectivity index (χ0v) is 9.97. The molecule has 0 fully saturated rings. The molecule has 1 heterocycles. The topological polar surface area (TPSA) is 65.7 Å². The van der Waals surface area contributed by atoms with E-state index in [1.807, 2.05) is 12.1 Å². The lowest BCUT2D eigenvalue weighted by atomic mass is 10.3. The Labute approximate surface area is 98.9 Å². The summed E-state index contributed by atoms with van der Waals surface area (Å²) in [5.74, 6) is 0.246. The van der Waals surface area contributed by atoms with Crippen LogP contribution in [0.1, 0.15) is 13.3 Å². The smallest absolute Gasteiger partial charge is 0.0916 e. The number of aromatic nitrogens is 1. The third-order valence-corrected chi connectivity index (χ3v) is 3.38. The number of hydrogen-bond acceptors (Lipinski definition) is 2. The number of thioether (sulfide) groups is 1. The number of hydrogen-bond donors (Lipinski definition) is 3. The molecule has 0 saturated heterocycles. The second-order valence-corrected chi connectivity index (χ2v) is 5.36. The molecule has 0 aliphatic rings. The molecule has 0 aliphatic carbocycles. The van der Waals surface area contributed by atoms with Crippen molar-refractivity contribution in [3.05, 3.63) is 30.3 Å². The van der Waals surface area contributed by atoms with Crippen molar-refractivity contribution in [2.24, 2.45) is 5.73 Å². The van der Waals surface area contributed by atoms with Gasteiger partial charge in [-0.2, -0.15) is 0 Å². The first-order valence-electron chi connectivity index (χ1n) is 5.22. The van der Waals surface area contributed by atoms with Gasteiger partial charge in [0.25, 0.3) is 0 Å². The third-order valence-electron chi connectivity index (χ3n) is 2.34. The highest BCUT2D eigenvalue weighted by Crippen LogP contribution is 2.27. The molecule has 1 aromatic carbocycles. The van der Waals surface area contributed by atoms with E-state index in [0.29, 0.717) is 11.7 Å². The molecule has 1 unspecified atom stereocenters. The van der Waals surface area contributed by atoms with Gasteiger partial charge in [-0.15, -0.1) is 11.8 Å². The first kappa shape index (κ1) is 11.1. The van der Waals surface area contributed by atoms with Crippen LogP contribution in [0.5, 0.6) is 0 Å². The predicted octanol–water partition coefficient (Wildman–Crippen LogP) is 2.97. The second kappa shape index (κ2) is 4.61. The molecular weight excluding hydrogens is 218 g/mol. The van der Waals surface area contributed by atoms with Crippen LogP contribution in [0.15, 0.2) is 35.4 Å². The molecule has 4 N–H and O–H groups in total. The van der Waals surface area contributed by atoms with Gasteiger partial charge in [-0.1, -0.05) is 25.1 Å². The Bertz CT molecular complexity index is 471. The molecule has 84 valence electrons. The van der Waals surface area contributed by atoms with E-state index in [-0.39, 0.29) is 5.84 Å². The summed E-state index contributed by atoms with van der Waals surface area (Å²) < 4.78 is 0. The van der Waals surface area contributed by atoms with Gasteiger partial charge < -0.3 is 10.7 Å². The average molecular weight is 233 g/mol. The number of nitrogens with one attached hydrogen (secondary N) is 2. The first-order valence-corrected chi connectivity index (χ1v) is 6.10. The predicted molar refractivity (Wildman–Crippen MR) is 70.1 cm³/mol. The maximum absolute atomic E-state index is 7.25. The van der Waals surface area contributed by atoms with Gasteiger partial charge in [0, 0.05) is 22.6 Å². The summed E-state index contributed by atoms with van der Waals surface area (Å²) in [5, 5.41) is 9.93. The number of H-pyrrole nitrogens is 1. The van der Waals surface area contributed by atoms with Crippen LogP contribution in [0, 0.1) is 5.41 Å². The Hall–Kier alpha value is -1.42. The molecule has 1 aromatic heterocycles.